The lowest BCUT2D eigenvalue weighted by molar-refractivity contribution is -0.145. The van der Waals surface area contributed by atoms with Crippen LogP contribution in [0, 0.1) is 5.82 Å². The van der Waals surface area contributed by atoms with Crippen molar-refractivity contribution in [3.05, 3.63) is 59.9 Å². The van der Waals surface area contributed by atoms with Crippen LogP contribution in [0.25, 0.3) is 0 Å². The molecule has 0 bridgehead atoms. The van der Waals surface area contributed by atoms with Crippen molar-refractivity contribution < 1.29 is 18.7 Å². The van der Waals surface area contributed by atoms with E-state index in [1.54, 1.807) is 13.0 Å². The van der Waals surface area contributed by atoms with Gasteiger partial charge < -0.3 is 20.5 Å². The first-order valence-electron chi connectivity index (χ1n) is 8.63. The summed E-state index contributed by atoms with van der Waals surface area (Å²) >= 11 is 0. The number of carbonyl (C=O) groups is 1. The molecule has 2 aromatic carbocycles. The van der Waals surface area contributed by atoms with E-state index in [1.807, 2.05) is 30.3 Å². The molecule has 3 rings (SSSR count). The second kappa shape index (κ2) is 7.85. The molecule has 0 aliphatic carbocycles. The molecule has 6 heteroatoms. The molecule has 1 saturated heterocycles. The van der Waals surface area contributed by atoms with Crippen LogP contribution in [0.15, 0.2) is 48.5 Å². The lowest BCUT2D eigenvalue weighted by atomic mass is 9.91. The Morgan fingerprint density at radius 1 is 1.35 bits per heavy atom. The van der Waals surface area contributed by atoms with Crippen molar-refractivity contribution in [3.63, 3.8) is 0 Å². The second-order valence-electron chi connectivity index (χ2n) is 6.71. The van der Waals surface area contributed by atoms with Crippen LogP contribution >= 0.6 is 0 Å². The molecule has 3 N–H and O–H groups in total. The molecule has 2 unspecified atom stereocenters. The smallest absolute Gasteiger partial charge is 0.256 e. The molecule has 0 aromatic heterocycles. The van der Waals surface area contributed by atoms with Crippen LogP contribution in [0.5, 0.6) is 5.75 Å². The average molecular weight is 358 g/mol. The monoisotopic (exact) mass is 358 g/mol. The zero-order chi connectivity index (χ0) is 18.6. The summed E-state index contributed by atoms with van der Waals surface area (Å²) in [5.41, 5.74) is 6.22. The molecule has 1 fully saturated rings. The van der Waals surface area contributed by atoms with Crippen molar-refractivity contribution in [2.75, 3.05) is 11.9 Å². The average Bonchev–Trinajstić information content (AvgIpc) is 2.61. The third-order valence-electron chi connectivity index (χ3n) is 4.47. The SMILES string of the molecule is CC1(C(=O)Nc2ccc(OCc3ccccc3)c(F)c2)CC(N)CCO1. The first-order chi connectivity index (χ1) is 12.5. The highest BCUT2D eigenvalue weighted by molar-refractivity contribution is 5.97. The summed E-state index contributed by atoms with van der Waals surface area (Å²) in [5.74, 6) is -0.732. The van der Waals surface area contributed by atoms with E-state index in [1.165, 1.54) is 12.1 Å². The molecule has 2 aromatic rings. The van der Waals surface area contributed by atoms with Crippen molar-refractivity contribution in [3.8, 4) is 5.75 Å². The van der Waals surface area contributed by atoms with E-state index in [9.17, 15) is 9.18 Å². The van der Waals surface area contributed by atoms with E-state index in [4.69, 9.17) is 15.2 Å². The zero-order valence-corrected chi connectivity index (χ0v) is 14.7. The molecule has 1 aliphatic heterocycles. The summed E-state index contributed by atoms with van der Waals surface area (Å²) in [7, 11) is 0. The number of rotatable bonds is 5. The minimum atomic E-state index is -1.00. The third kappa shape index (κ3) is 4.39. The summed E-state index contributed by atoms with van der Waals surface area (Å²) in [6, 6.07) is 13.8. The molecule has 0 radical (unpaired) electrons. The normalized spacial score (nSPS) is 22.7. The van der Waals surface area contributed by atoms with Crippen LogP contribution in [0.3, 0.4) is 0 Å². The minimum Gasteiger partial charge on any atom is -0.486 e. The number of amides is 1. The van der Waals surface area contributed by atoms with Crippen molar-refractivity contribution in [1.29, 1.82) is 0 Å². The van der Waals surface area contributed by atoms with E-state index in [2.05, 4.69) is 5.32 Å². The highest BCUT2D eigenvalue weighted by atomic mass is 19.1. The summed E-state index contributed by atoms with van der Waals surface area (Å²) in [4.78, 5) is 12.5. The summed E-state index contributed by atoms with van der Waals surface area (Å²) in [6.45, 7) is 2.41. The van der Waals surface area contributed by atoms with E-state index in [0.29, 0.717) is 18.7 Å². The van der Waals surface area contributed by atoms with Crippen LogP contribution in [0.1, 0.15) is 25.3 Å². The van der Waals surface area contributed by atoms with Crippen molar-refractivity contribution >= 4 is 11.6 Å². The lowest BCUT2D eigenvalue weighted by Gasteiger charge is -2.35. The van der Waals surface area contributed by atoms with Gasteiger partial charge in [0, 0.05) is 30.8 Å². The van der Waals surface area contributed by atoms with Gasteiger partial charge in [-0.3, -0.25) is 4.79 Å². The Kier molecular flexibility index (Phi) is 5.54. The molecule has 1 aliphatic rings. The van der Waals surface area contributed by atoms with Crippen LogP contribution < -0.4 is 15.8 Å². The van der Waals surface area contributed by atoms with E-state index in [-0.39, 0.29) is 24.3 Å². The van der Waals surface area contributed by atoms with Gasteiger partial charge in [0.2, 0.25) is 0 Å². The van der Waals surface area contributed by atoms with Gasteiger partial charge in [0.05, 0.1) is 0 Å². The quantitative estimate of drug-likeness (QED) is 0.861. The first-order valence-corrected chi connectivity index (χ1v) is 8.63. The van der Waals surface area contributed by atoms with E-state index < -0.39 is 11.4 Å². The standard InChI is InChI=1S/C20H23FN2O3/c1-20(12-15(22)9-10-26-20)19(24)23-16-7-8-18(17(21)11-16)25-13-14-5-3-2-4-6-14/h2-8,11,15H,9-10,12-13,22H2,1H3,(H,23,24). The summed E-state index contributed by atoms with van der Waals surface area (Å²) in [5, 5.41) is 2.70. The Labute approximate surface area is 152 Å². The lowest BCUT2D eigenvalue weighted by Crippen LogP contribution is -2.50. The Bertz CT molecular complexity index is 769. The van der Waals surface area contributed by atoms with Crippen molar-refractivity contribution in [2.45, 2.75) is 38.0 Å². The molecular weight excluding hydrogens is 335 g/mol. The first kappa shape index (κ1) is 18.4. The second-order valence-corrected chi connectivity index (χ2v) is 6.71. The van der Waals surface area contributed by atoms with E-state index >= 15 is 0 Å². The molecule has 26 heavy (non-hydrogen) atoms. The van der Waals surface area contributed by atoms with Gasteiger partial charge in [0.1, 0.15) is 12.2 Å². The van der Waals surface area contributed by atoms with Gasteiger partial charge in [-0.05, 0) is 31.0 Å². The molecule has 0 saturated carbocycles. The Morgan fingerprint density at radius 2 is 2.12 bits per heavy atom. The van der Waals surface area contributed by atoms with Gasteiger partial charge in [-0.15, -0.1) is 0 Å². The molecule has 1 heterocycles. The maximum absolute atomic E-state index is 14.3. The fourth-order valence-corrected chi connectivity index (χ4v) is 2.95. The number of ether oxygens (including phenoxy) is 2. The summed E-state index contributed by atoms with van der Waals surface area (Å²) in [6.07, 6.45) is 1.16. The highest BCUT2D eigenvalue weighted by Gasteiger charge is 2.39. The number of nitrogens with one attached hydrogen (secondary N) is 1. The maximum atomic E-state index is 14.3. The number of halogens is 1. The number of benzene rings is 2. The Hall–Kier alpha value is -2.44. The van der Waals surface area contributed by atoms with Gasteiger partial charge in [-0.1, -0.05) is 30.3 Å². The van der Waals surface area contributed by atoms with E-state index in [0.717, 1.165) is 12.0 Å². The summed E-state index contributed by atoms with van der Waals surface area (Å²) < 4.78 is 25.4. The van der Waals surface area contributed by atoms with Crippen LogP contribution in [0.4, 0.5) is 10.1 Å². The van der Waals surface area contributed by atoms with Crippen LogP contribution in [-0.2, 0) is 16.1 Å². The Balaban J connectivity index is 1.63. The Morgan fingerprint density at radius 3 is 2.81 bits per heavy atom. The van der Waals surface area contributed by atoms with Crippen molar-refractivity contribution in [1.82, 2.24) is 0 Å². The molecule has 1 amide bonds. The maximum Gasteiger partial charge on any atom is 0.256 e. The number of carbonyl (C=O) groups excluding carboxylic acids is 1. The predicted molar refractivity (Wildman–Crippen MR) is 97.4 cm³/mol. The number of nitrogens with two attached hydrogens (primary N) is 1. The molecule has 2 atom stereocenters. The van der Waals surface area contributed by atoms with Gasteiger partial charge in [0.25, 0.3) is 5.91 Å². The highest BCUT2D eigenvalue weighted by Crippen LogP contribution is 2.27. The van der Waals surface area contributed by atoms with Crippen LogP contribution in [0.2, 0.25) is 0 Å². The molecule has 0 spiro atoms. The van der Waals surface area contributed by atoms with Gasteiger partial charge in [0.15, 0.2) is 11.6 Å². The fraction of sp³-hybridized carbons (Fsp3) is 0.350. The predicted octanol–water partition coefficient (Wildman–Crippen LogP) is 3.24. The number of hydrogen-bond acceptors (Lipinski definition) is 4. The van der Waals surface area contributed by atoms with Crippen LogP contribution in [-0.4, -0.2) is 24.2 Å². The van der Waals surface area contributed by atoms with Crippen molar-refractivity contribution in [2.24, 2.45) is 5.73 Å². The zero-order valence-electron chi connectivity index (χ0n) is 14.7. The van der Waals surface area contributed by atoms with Gasteiger partial charge in [-0.2, -0.15) is 0 Å². The topological polar surface area (TPSA) is 73.6 Å². The largest absolute Gasteiger partial charge is 0.486 e. The molecule has 138 valence electrons. The molecule has 5 nitrogen and oxygen atoms in total. The van der Waals surface area contributed by atoms with Gasteiger partial charge >= 0.3 is 0 Å². The third-order valence-corrected chi connectivity index (χ3v) is 4.47. The molecular formula is C20H23FN2O3. The minimum absolute atomic E-state index is 0.0787. The fourth-order valence-electron chi connectivity index (χ4n) is 2.95. The van der Waals surface area contributed by atoms with Gasteiger partial charge in [-0.25, -0.2) is 4.39 Å². The number of hydrogen-bond donors (Lipinski definition) is 2. The number of anilines is 1.